The van der Waals surface area contributed by atoms with Gasteiger partial charge in [0.1, 0.15) is 6.07 Å². The van der Waals surface area contributed by atoms with Crippen LogP contribution in [0, 0.1) is 5.39 Å². The number of nitrogens with one attached hydrogen (secondary N) is 1. The molecule has 0 heterocycles. The van der Waals surface area contributed by atoms with Crippen molar-refractivity contribution < 1.29 is 14.6 Å². The number of carbonyl (C=O) groups excluding carboxylic acids is 1. The van der Waals surface area contributed by atoms with Gasteiger partial charge in [0.2, 0.25) is 11.1 Å². The first-order valence-corrected chi connectivity index (χ1v) is 3.70. The molecular formula is C8H7N4O2+. The van der Waals surface area contributed by atoms with Crippen LogP contribution >= 0.6 is 0 Å². The summed E-state index contributed by atoms with van der Waals surface area (Å²) in [5.41, 5.74) is 9.17. The summed E-state index contributed by atoms with van der Waals surface area (Å²) in [6.07, 6.45) is 0. The SMILES string of the molecule is COC(=O)c1cc([N+]#N)cc([NH+]=[N-])c1. The van der Waals surface area contributed by atoms with Crippen LogP contribution in [0.15, 0.2) is 18.2 Å². The Morgan fingerprint density at radius 2 is 2.29 bits per heavy atom. The largest absolute Gasteiger partial charge is 0.502 e. The molecule has 0 aliphatic heterocycles. The highest BCUT2D eigenvalue weighted by Crippen LogP contribution is 2.18. The molecule has 14 heavy (non-hydrogen) atoms. The van der Waals surface area contributed by atoms with E-state index in [0.717, 1.165) is 0 Å². The first-order chi connectivity index (χ1) is 6.71. The maximum Gasteiger partial charge on any atom is 0.392 e. The summed E-state index contributed by atoms with van der Waals surface area (Å²) < 4.78 is 4.46. The molecule has 1 aromatic carbocycles. The molecule has 1 rings (SSSR count). The fourth-order valence-corrected chi connectivity index (χ4v) is 0.969. The lowest BCUT2D eigenvalue weighted by Gasteiger charge is -1.96. The van der Waals surface area contributed by atoms with Gasteiger partial charge in [-0.3, -0.25) is 5.11 Å². The number of esters is 1. The predicted molar refractivity (Wildman–Crippen MR) is 46.5 cm³/mol. The van der Waals surface area contributed by atoms with Crippen LogP contribution in [-0.4, -0.2) is 13.1 Å². The topological polar surface area (TPSA) is 90.7 Å². The third kappa shape index (κ3) is 1.90. The number of nitrogens with zero attached hydrogens (tertiary/aromatic N) is 3. The number of ether oxygens (including phenoxy) is 1. The first kappa shape index (κ1) is 9.80. The second-order valence-electron chi connectivity index (χ2n) is 2.47. The zero-order chi connectivity index (χ0) is 10.6. The third-order valence-corrected chi connectivity index (χ3v) is 1.58. The minimum Gasteiger partial charge on any atom is -0.502 e. The van der Waals surface area contributed by atoms with Gasteiger partial charge in [-0.1, -0.05) is 0 Å². The summed E-state index contributed by atoms with van der Waals surface area (Å²) in [6.45, 7) is 0. The summed E-state index contributed by atoms with van der Waals surface area (Å²) in [5.74, 6) is -0.577. The van der Waals surface area contributed by atoms with E-state index in [1.54, 1.807) is 0 Å². The lowest BCUT2D eigenvalue weighted by molar-refractivity contribution is -0.379. The van der Waals surface area contributed by atoms with E-state index in [1.165, 1.54) is 25.3 Å². The molecule has 0 fully saturated rings. The molecule has 0 aliphatic rings. The van der Waals surface area contributed by atoms with Gasteiger partial charge in [-0.25, -0.2) is 4.79 Å². The molecule has 0 atom stereocenters. The Hall–Kier alpha value is -2.29. The van der Waals surface area contributed by atoms with Crippen molar-refractivity contribution >= 4 is 17.3 Å². The molecule has 0 unspecified atom stereocenters. The van der Waals surface area contributed by atoms with Gasteiger partial charge in [0.05, 0.1) is 12.7 Å². The average Bonchev–Trinajstić information content (AvgIpc) is 2.27. The Balaban J connectivity index is 3.25. The van der Waals surface area contributed by atoms with E-state index in [0.29, 0.717) is 0 Å². The standard InChI is InChI=1S/C8H7N4O2/c1-14-8(13)5-2-6(11-9)4-7(3-5)12-10/h2-4,11H,1H3/q+1. The van der Waals surface area contributed by atoms with Crippen molar-refractivity contribution in [1.82, 2.24) is 0 Å². The van der Waals surface area contributed by atoms with Crippen molar-refractivity contribution in [1.29, 1.82) is 5.39 Å². The maximum atomic E-state index is 11.1. The maximum absolute atomic E-state index is 11.1. The highest BCUT2D eigenvalue weighted by Gasteiger charge is 2.15. The molecule has 0 radical (unpaired) electrons. The van der Waals surface area contributed by atoms with Gasteiger partial charge in [0.25, 0.3) is 0 Å². The zero-order valence-electron chi connectivity index (χ0n) is 7.39. The van der Waals surface area contributed by atoms with Crippen LogP contribution in [0.25, 0.3) is 10.5 Å². The molecule has 6 nitrogen and oxygen atoms in total. The molecule has 1 N–H and O–H groups in total. The lowest BCUT2D eigenvalue weighted by Crippen LogP contribution is -2.54. The molecule has 0 aliphatic carbocycles. The van der Waals surface area contributed by atoms with Gasteiger partial charge in [-0.2, -0.15) is 0 Å². The molecule has 6 heteroatoms. The van der Waals surface area contributed by atoms with Crippen molar-refractivity contribution in [3.63, 3.8) is 0 Å². The fourth-order valence-electron chi connectivity index (χ4n) is 0.969. The Labute approximate surface area is 79.6 Å². The van der Waals surface area contributed by atoms with E-state index in [-0.39, 0.29) is 16.9 Å². The van der Waals surface area contributed by atoms with E-state index in [2.05, 4.69) is 9.71 Å². The van der Waals surface area contributed by atoms with Crippen molar-refractivity contribution in [2.24, 2.45) is 0 Å². The molecule has 0 spiro atoms. The normalized spacial score (nSPS) is 8.86. The second-order valence-corrected chi connectivity index (χ2v) is 2.47. The molecule has 0 bridgehead atoms. The Morgan fingerprint density at radius 3 is 2.79 bits per heavy atom. The quantitative estimate of drug-likeness (QED) is 0.423. The predicted octanol–water partition coefficient (Wildman–Crippen LogP) is 0.691. The van der Waals surface area contributed by atoms with Gasteiger partial charge in [0.15, 0.2) is 4.98 Å². The van der Waals surface area contributed by atoms with Crippen LogP contribution in [0.5, 0.6) is 0 Å². The Bertz CT molecular complexity index is 422. The number of carbonyl (C=O) groups is 1. The van der Waals surface area contributed by atoms with E-state index in [9.17, 15) is 4.79 Å². The van der Waals surface area contributed by atoms with Crippen LogP contribution in [-0.2, 0) is 4.74 Å². The van der Waals surface area contributed by atoms with Crippen molar-refractivity contribution in [2.45, 2.75) is 0 Å². The Kier molecular flexibility index (Phi) is 2.86. The van der Waals surface area contributed by atoms with Crippen molar-refractivity contribution in [3.05, 3.63) is 34.3 Å². The van der Waals surface area contributed by atoms with Crippen LogP contribution in [0.3, 0.4) is 0 Å². The Morgan fingerprint density at radius 1 is 1.57 bits per heavy atom. The molecule has 0 saturated heterocycles. The summed E-state index contributed by atoms with van der Waals surface area (Å²) in [6, 6.07) is 4.04. The highest BCUT2D eigenvalue weighted by atomic mass is 16.5. The highest BCUT2D eigenvalue weighted by molar-refractivity contribution is 5.91. The van der Waals surface area contributed by atoms with Crippen LogP contribution in [0.1, 0.15) is 10.4 Å². The fraction of sp³-hybridized carbons (Fsp3) is 0.125. The summed E-state index contributed by atoms with van der Waals surface area (Å²) in [5, 5.41) is 10.3. The van der Waals surface area contributed by atoms with Crippen LogP contribution in [0.4, 0.5) is 11.4 Å². The monoisotopic (exact) mass is 191 g/mol. The van der Waals surface area contributed by atoms with Crippen molar-refractivity contribution in [2.75, 3.05) is 7.11 Å². The number of benzene rings is 1. The van der Waals surface area contributed by atoms with Gasteiger partial charge < -0.3 is 10.3 Å². The zero-order valence-corrected chi connectivity index (χ0v) is 7.39. The smallest absolute Gasteiger partial charge is 0.392 e. The third-order valence-electron chi connectivity index (χ3n) is 1.58. The van der Waals surface area contributed by atoms with Gasteiger partial charge in [-0.05, 0) is 0 Å². The number of methoxy groups -OCH3 is 1. The average molecular weight is 191 g/mol. The van der Waals surface area contributed by atoms with E-state index >= 15 is 0 Å². The minimum absolute atomic E-state index is 0.143. The number of diazo groups is 1. The van der Waals surface area contributed by atoms with Crippen LogP contribution < -0.4 is 5.11 Å². The van der Waals surface area contributed by atoms with Crippen molar-refractivity contribution in [3.8, 4) is 0 Å². The lowest BCUT2D eigenvalue weighted by atomic mass is 10.2. The van der Waals surface area contributed by atoms with E-state index < -0.39 is 5.97 Å². The molecule has 0 aromatic heterocycles. The summed E-state index contributed by atoms with van der Waals surface area (Å²) >= 11 is 0. The van der Waals surface area contributed by atoms with Gasteiger partial charge in [0, 0.05) is 12.1 Å². The van der Waals surface area contributed by atoms with Gasteiger partial charge >= 0.3 is 11.7 Å². The second kappa shape index (κ2) is 4.09. The molecule has 0 amide bonds. The summed E-state index contributed by atoms with van der Waals surface area (Å²) in [7, 11) is 1.23. The van der Waals surface area contributed by atoms with E-state index in [4.69, 9.17) is 10.9 Å². The molecule has 0 saturated carbocycles. The van der Waals surface area contributed by atoms with Crippen LogP contribution in [0.2, 0.25) is 0 Å². The molecule has 1 aromatic rings. The molecule has 70 valence electrons. The minimum atomic E-state index is -0.577. The molecular weight excluding hydrogens is 184 g/mol. The van der Waals surface area contributed by atoms with Gasteiger partial charge in [-0.15, -0.1) is 0 Å². The number of hydrogen-bond donors (Lipinski definition) is 1. The van der Waals surface area contributed by atoms with E-state index in [1.807, 2.05) is 5.11 Å². The number of rotatable bonds is 2. The number of hydrogen-bond acceptors (Lipinski definition) is 3. The first-order valence-electron chi connectivity index (χ1n) is 3.70. The summed E-state index contributed by atoms with van der Waals surface area (Å²) in [4.78, 5) is 14.0.